The molecule has 1 spiro atoms. The zero-order valence-electron chi connectivity index (χ0n) is 34.5. The summed E-state index contributed by atoms with van der Waals surface area (Å²) >= 11 is 0. The van der Waals surface area contributed by atoms with Gasteiger partial charge in [0.15, 0.2) is 0 Å². The van der Waals surface area contributed by atoms with Crippen molar-refractivity contribution in [1.82, 2.24) is 0 Å². The van der Waals surface area contributed by atoms with Crippen molar-refractivity contribution in [2.75, 3.05) is 4.90 Å². The zero-order chi connectivity index (χ0) is 40.4. The van der Waals surface area contributed by atoms with Crippen LogP contribution < -0.4 is 4.90 Å². The number of hydrogen-bond acceptors (Lipinski definition) is 1. The molecule has 0 aromatic heterocycles. The van der Waals surface area contributed by atoms with Gasteiger partial charge in [0.05, 0.1) is 5.41 Å². The molecule has 8 aromatic carbocycles. The SMILES string of the molecule is CC1(C)C2=C(c3ccccc31)C(C)(C)c1cc(/C=C/c3ccc(N(c4ccccc4)c4ccc5c(c4)-c4ccccc4C54c5ccccc5-c5ccccc54)cc3)ccc12. The normalized spacial score (nSPS) is 16.3. The molecule has 0 bridgehead atoms. The third-order valence-corrected chi connectivity index (χ3v) is 14.2. The second-order valence-electron chi connectivity index (χ2n) is 18.1. The van der Waals surface area contributed by atoms with Crippen molar-refractivity contribution in [2.24, 2.45) is 0 Å². The molecular weight excluding hydrogens is 723 g/mol. The van der Waals surface area contributed by atoms with Gasteiger partial charge in [-0.1, -0.05) is 192 Å². The van der Waals surface area contributed by atoms with Crippen LogP contribution in [-0.4, -0.2) is 0 Å². The Morgan fingerprint density at radius 2 is 0.750 bits per heavy atom. The first-order valence-electron chi connectivity index (χ1n) is 21.3. The van der Waals surface area contributed by atoms with E-state index in [1.54, 1.807) is 0 Å². The lowest BCUT2D eigenvalue weighted by molar-refractivity contribution is 0.694. The predicted octanol–water partition coefficient (Wildman–Crippen LogP) is 15.2. The molecule has 0 radical (unpaired) electrons. The van der Waals surface area contributed by atoms with Crippen molar-refractivity contribution in [3.63, 3.8) is 0 Å². The Labute approximate surface area is 353 Å². The van der Waals surface area contributed by atoms with Crippen LogP contribution in [-0.2, 0) is 16.2 Å². The molecule has 0 amide bonds. The fourth-order valence-electron chi connectivity index (χ4n) is 11.7. The lowest BCUT2D eigenvalue weighted by atomic mass is 9.70. The highest BCUT2D eigenvalue weighted by Crippen LogP contribution is 2.64. The summed E-state index contributed by atoms with van der Waals surface area (Å²) in [5.74, 6) is 0. The molecule has 286 valence electrons. The maximum Gasteiger partial charge on any atom is 0.0725 e. The predicted molar refractivity (Wildman–Crippen MR) is 252 cm³/mol. The lowest BCUT2D eigenvalue weighted by Gasteiger charge is -2.31. The maximum absolute atomic E-state index is 2.42. The van der Waals surface area contributed by atoms with Gasteiger partial charge in [0, 0.05) is 27.9 Å². The first kappa shape index (κ1) is 35.0. The van der Waals surface area contributed by atoms with E-state index in [-0.39, 0.29) is 16.2 Å². The molecule has 1 heteroatoms. The largest absolute Gasteiger partial charge is 0.310 e. The Balaban J connectivity index is 0.903. The number of allylic oxidation sites excluding steroid dienone is 2. The molecule has 8 aromatic rings. The average Bonchev–Trinajstić information content (AvgIpc) is 3.92. The maximum atomic E-state index is 2.42. The van der Waals surface area contributed by atoms with Crippen molar-refractivity contribution >= 4 is 40.4 Å². The van der Waals surface area contributed by atoms with Gasteiger partial charge in [-0.05, 0) is 125 Å². The molecule has 4 aliphatic rings. The number of hydrogen-bond donors (Lipinski definition) is 0. The van der Waals surface area contributed by atoms with Gasteiger partial charge < -0.3 is 4.90 Å². The summed E-state index contributed by atoms with van der Waals surface area (Å²) in [6.45, 7) is 9.59. The molecule has 0 unspecified atom stereocenters. The Kier molecular flexibility index (Phi) is 7.31. The van der Waals surface area contributed by atoms with Crippen molar-refractivity contribution in [1.29, 1.82) is 0 Å². The van der Waals surface area contributed by atoms with Crippen LogP contribution in [0.4, 0.5) is 17.1 Å². The molecule has 12 rings (SSSR count). The molecule has 4 aliphatic carbocycles. The highest BCUT2D eigenvalue weighted by Gasteiger charge is 2.52. The van der Waals surface area contributed by atoms with E-state index in [9.17, 15) is 0 Å². The monoisotopic (exact) mass is 767 g/mol. The summed E-state index contributed by atoms with van der Waals surface area (Å²) in [5.41, 5.74) is 24.8. The number of rotatable bonds is 5. The van der Waals surface area contributed by atoms with Gasteiger partial charge in [-0.25, -0.2) is 0 Å². The Hall–Kier alpha value is -6.96. The number of para-hydroxylation sites is 1. The first-order valence-corrected chi connectivity index (χ1v) is 21.3. The van der Waals surface area contributed by atoms with Crippen LogP contribution in [0, 0.1) is 0 Å². The quantitative estimate of drug-likeness (QED) is 0.158. The molecule has 0 saturated carbocycles. The summed E-state index contributed by atoms with van der Waals surface area (Å²) in [4.78, 5) is 2.40. The lowest BCUT2D eigenvalue weighted by Crippen LogP contribution is -2.25. The zero-order valence-corrected chi connectivity index (χ0v) is 34.5. The van der Waals surface area contributed by atoms with E-state index < -0.39 is 0 Å². The molecule has 0 N–H and O–H groups in total. The van der Waals surface area contributed by atoms with Crippen molar-refractivity contribution in [3.8, 4) is 22.3 Å². The minimum atomic E-state index is -0.351. The van der Waals surface area contributed by atoms with Gasteiger partial charge in [0.1, 0.15) is 0 Å². The summed E-state index contributed by atoms with van der Waals surface area (Å²) in [6.07, 6.45) is 4.53. The third-order valence-electron chi connectivity index (χ3n) is 14.2. The number of benzene rings is 8. The van der Waals surface area contributed by atoms with Gasteiger partial charge in [-0.3, -0.25) is 0 Å². The molecule has 1 nitrogen and oxygen atoms in total. The number of nitrogens with zero attached hydrogens (tertiary/aromatic N) is 1. The molecule has 0 fully saturated rings. The van der Waals surface area contributed by atoms with Gasteiger partial charge >= 0.3 is 0 Å². The van der Waals surface area contributed by atoms with Gasteiger partial charge in [-0.2, -0.15) is 0 Å². The minimum absolute atomic E-state index is 0.0118. The van der Waals surface area contributed by atoms with Crippen LogP contribution in [0.5, 0.6) is 0 Å². The van der Waals surface area contributed by atoms with Gasteiger partial charge in [0.2, 0.25) is 0 Å². The molecule has 0 aliphatic heterocycles. The van der Waals surface area contributed by atoms with E-state index in [1.807, 2.05) is 0 Å². The summed E-state index contributed by atoms with van der Waals surface area (Å²) < 4.78 is 0. The molecule has 0 heterocycles. The summed E-state index contributed by atoms with van der Waals surface area (Å²) in [7, 11) is 0. The molecule has 60 heavy (non-hydrogen) atoms. The Morgan fingerprint density at radius 1 is 0.317 bits per heavy atom. The van der Waals surface area contributed by atoms with E-state index in [4.69, 9.17) is 0 Å². The molecule has 0 saturated heterocycles. The average molecular weight is 768 g/mol. The van der Waals surface area contributed by atoms with E-state index in [2.05, 4.69) is 233 Å². The van der Waals surface area contributed by atoms with E-state index in [0.717, 1.165) is 17.1 Å². The molecule has 0 atom stereocenters. The van der Waals surface area contributed by atoms with Crippen LogP contribution in [0.3, 0.4) is 0 Å². The smallest absolute Gasteiger partial charge is 0.0725 e. The van der Waals surface area contributed by atoms with Crippen LogP contribution in [0.15, 0.2) is 188 Å². The second-order valence-corrected chi connectivity index (χ2v) is 18.1. The van der Waals surface area contributed by atoms with Crippen LogP contribution in [0.1, 0.15) is 83.3 Å². The van der Waals surface area contributed by atoms with Gasteiger partial charge in [-0.15, -0.1) is 0 Å². The first-order chi connectivity index (χ1) is 29.3. The summed E-state index contributed by atoms with van der Waals surface area (Å²) in [6, 6.07) is 70.1. The van der Waals surface area contributed by atoms with Crippen LogP contribution >= 0.6 is 0 Å². The van der Waals surface area contributed by atoms with Gasteiger partial charge in [0.25, 0.3) is 0 Å². The fourth-order valence-corrected chi connectivity index (χ4v) is 11.7. The highest BCUT2D eigenvalue weighted by atomic mass is 15.1. The Bertz CT molecular complexity index is 3090. The van der Waals surface area contributed by atoms with E-state index >= 15 is 0 Å². The minimum Gasteiger partial charge on any atom is -0.310 e. The Morgan fingerprint density at radius 3 is 1.38 bits per heavy atom. The summed E-state index contributed by atoms with van der Waals surface area (Å²) in [5, 5.41) is 0. The number of anilines is 3. The van der Waals surface area contributed by atoms with Crippen LogP contribution in [0.25, 0.3) is 45.6 Å². The van der Waals surface area contributed by atoms with E-state index in [0.29, 0.717) is 0 Å². The number of fused-ring (bicyclic) bond motifs is 14. The van der Waals surface area contributed by atoms with E-state index in [1.165, 1.54) is 89.0 Å². The van der Waals surface area contributed by atoms with Crippen molar-refractivity contribution in [3.05, 3.63) is 244 Å². The fraction of sp³-hybridized carbons (Fsp3) is 0.119. The van der Waals surface area contributed by atoms with Crippen molar-refractivity contribution in [2.45, 2.75) is 43.9 Å². The highest BCUT2D eigenvalue weighted by molar-refractivity contribution is 6.09. The standard InChI is InChI=1S/C59H45N/c1-57(2)49-22-12-11-21-46(49)55-56(57)47-34-30-39(36-54(47)58(55,3)4)27-26-38-28-31-41(32-29-38)60(40-16-6-5-7-17-40)42-33-35-53-48(37-42)45-20-10-15-25-52(45)59(53)50-23-13-8-18-43(50)44-19-9-14-24-51(44)59/h5-37H,1-4H3/b27-26+. The van der Waals surface area contributed by atoms with Crippen molar-refractivity contribution < 1.29 is 0 Å². The second kappa shape index (κ2) is 12.5. The molecular formula is C59H45N. The topological polar surface area (TPSA) is 3.24 Å². The third kappa shape index (κ3) is 4.64. The van der Waals surface area contributed by atoms with Crippen LogP contribution in [0.2, 0.25) is 0 Å².